The summed E-state index contributed by atoms with van der Waals surface area (Å²) < 4.78 is 0. The molecule has 1 rings (SSSR count). The molecular formula is C14H17ClN2O. The van der Waals surface area contributed by atoms with E-state index in [-0.39, 0.29) is 18.0 Å². The first-order valence-corrected chi connectivity index (χ1v) is 6.02. The lowest BCUT2D eigenvalue weighted by Crippen LogP contribution is -2.40. The highest BCUT2D eigenvalue weighted by Gasteiger charge is 2.15. The molecule has 1 aromatic carbocycles. The summed E-state index contributed by atoms with van der Waals surface area (Å²) in [5.41, 5.74) is 6.21. The van der Waals surface area contributed by atoms with Crippen molar-refractivity contribution >= 4 is 17.5 Å². The first-order valence-electron chi connectivity index (χ1n) is 5.64. The number of benzene rings is 1. The van der Waals surface area contributed by atoms with Gasteiger partial charge in [0.1, 0.15) is 0 Å². The molecule has 1 aromatic rings. The van der Waals surface area contributed by atoms with Crippen LogP contribution in [0.15, 0.2) is 18.2 Å². The normalized spacial score (nSPS) is 10.5. The quantitative estimate of drug-likeness (QED) is 0.764. The summed E-state index contributed by atoms with van der Waals surface area (Å²) in [5, 5.41) is 3.33. The molecular weight excluding hydrogens is 248 g/mol. The Bertz CT molecular complexity index is 507. The topological polar surface area (TPSA) is 55.1 Å². The maximum atomic E-state index is 11.9. The van der Waals surface area contributed by atoms with Crippen molar-refractivity contribution in [3.63, 3.8) is 0 Å². The Balaban J connectivity index is 2.94. The van der Waals surface area contributed by atoms with Crippen LogP contribution in [0.4, 0.5) is 0 Å². The summed E-state index contributed by atoms with van der Waals surface area (Å²) in [5.74, 6) is 5.42. The smallest absolute Gasteiger partial charge is 0.251 e. The average molecular weight is 265 g/mol. The molecule has 0 unspecified atom stereocenters. The molecule has 0 fully saturated rings. The molecule has 0 atom stereocenters. The van der Waals surface area contributed by atoms with E-state index in [1.54, 1.807) is 18.2 Å². The molecule has 0 heterocycles. The summed E-state index contributed by atoms with van der Waals surface area (Å²) in [6, 6.07) is 5.04. The molecule has 0 saturated heterocycles. The zero-order chi connectivity index (χ0) is 13.8. The molecule has 1 amide bonds. The number of halogens is 1. The van der Waals surface area contributed by atoms with Gasteiger partial charge in [0.15, 0.2) is 0 Å². The van der Waals surface area contributed by atoms with Crippen molar-refractivity contribution in [1.29, 1.82) is 0 Å². The predicted octanol–water partition coefficient (Wildman–Crippen LogP) is 2.18. The standard InChI is InChI=1S/C14H17ClN2O/c1-14(2,3)17-13(18)11-7-6-10(5-4-8-16)12(15)9-11/h6-7,9H,8,16H2,1-3H3,(H,17,18). The number of hydrogen-bond donors (Lipinski definition) is 2. The van der Waals surface area contributed by atoms with E-state index in [2.05, 4.69) is 17.2 Å². The van der Waals surface area contributed by atoms with E-state index in [0.717, 1.165) is 0 Å². The van der Waals surface area contributed by atoms with E-state index in [1.807, 2.05) is 20.8 Å². The highest BCUT2D eigenvalue weighted by Crippen LogP contribution is 2.17. The molecule has 18 heavy (non-hydrogen) atoms. The fraction of sp³-hybridized carbons (Fsp3) is 0.357. The minimum absolute atomic E-state index is 0.150. The third-order valence-corrected chi connectivity index (χ3v) is 2.36. The zero-order valence-corrected chi connectivity index (χ0v) is 11.6. The number of carbonyl (C=O) groups excluding carboxylic acids is 1. The number of amides is 1. The van der Waals surface area contributed by atoms with Crippen LogP contribution in [0.5, 0.6) is 0 Å². The summed E-state index contributed by atoms with van der Waals surface area (Å²) in [4.78, 5) is 11.9. The molecule has 0 aliphatic carbocycles. The van der Waals surface area contributed by atoms with Crippen LogP contribution in [0.25, 0.3) is 0 Å². The summed E-state index contributed by atoms with van der Waals surface area (Å²) in [6.45, 7) is 6.05. The minimum atomic E-state index is -0.276. The first-order chi connectivity index (χ1) is 8.33. The Morgan fingerprint density at radius 3 is 2.61 bits per heavy atom. The molecule has 4 heteroatoms. The van der Waals surface area contributed by atoms with Gasteiger partial charge in [-0.1, -0.05) is 23.4 Å². The van der Waals surface area contributed by atoms with Crippen molar-refractivity contribution in [1.82, 2.24) is 5.32 Å². The van der Waals surface area contributed by atoms with E-state index in [4.69, 9.17) is 17.3 Å². The Labute approximate surface area is 113 Å². The zero-order valence-electron chi connectivity index (χ0n) is 10.8. The molecule has 3 nitrogen and oxygen atoms in total. The maximum Gasteiger partial charge on any atom is 0.251 e. The second-order valence-electron chi connectivity index (χ2n) is 4.90. The summed E-state index contributed by atoms with van der Waals surface area (Å²) in [7, 11) is 0. The maximum absolute atomic E-state index is 11.9. The van der Waals surface area contributed by atoms with Gasteiger partial charge >= 0.3 is 0 Å². The van der Waals surface area contributed by atoms with Crippen LogP contribution in [-0.4, -0.2) is 18.0 Å². The Morgan fingerprint density at radius 2 is 2.11 bits per heavy atom. The molecule has 3 N–H and O–H groups in total. The molecule has 0 radical (unpaired) electrons. The average Bonchev–Trinajstić information content (AvgIpc) is 2.25. The third-order valence-electron chi connectivity index (χ3n) is 2.04. The largest absolute Gasteiger partial charge is 0.347 e. The van der Waals surface area contributed by atoms with E-state index in [1.165, 1.54) is 0 Å². The van der Waals surface area contributed by atoms with Crippen molar-refractivity contribution in [2.75, 3.05) is 6.54 Å². The van der Waals surface area contributed by atoms with E-state index >= 15 is 0 Å². The van der Waals surface area contributed by atoms with Crippen molar-refractivity contribution in [3.8, 4) is 11.8 Å². The predicted molar refractivity (Wildman–Crippen MR) is 74.6 cm³/mol. The fourth-order valence-corrected chi connectivity index (χ4v) is 1.54. The summed E-state index contributed by atoms with van der Waals surface area (Å²) in [6.07, 6.45) is 0. The number of hydrogen-bond acceptors (Lipinski definition) is 2. The van der Waals surface area contributed by atoms with Crippen LogP contribution < -0.4 is 11.1 Å². The van der Waals surface area contributed by atoms with Gasteiger partial charge in [0.05, 0.1) is 11.6 Å². The lowest BCUT2D eigenvalue weighted by molar-refractivity contribution is 0.0919. The van der Waals surface area contributed by atoms with Crippen molar-refractivity contribution in [2.45, 2.75) is 26.3 Å². The number of nitrogens with one attached hydrogen (secondary N) is 1. The first kappa shape index (κ1) is 14.6. The SMILES string of the molecule is CC(C)(C)NC(=O)c1ccc(C#CCN)c(Cl)c1. The Hall–Kier alpha value is -1.50. The van der Waals surface area contributed by atoms with E-state index < -0.39 is 0 Å². The molecule has 0 aromatic heterocycles. The van der Waals surface area contributed by atoms with Crippen molar-refractivity contribution in [3.05, 3.63) is 34.3 Å². The van der Waals surface area contributed by atoms with Crippen molar-refractivity contribution < 1.29 is 4.79 Å². The molecule has 96 valence electrons. The van der Waals surface area contributed by atoms with E-state index in [0.29, 0.717) is 16.1 Å². The van der Waals surface area contributed by atoms with E-state index in [9.17, 15) is 4.79 Å². The molecule has 0 saturated carbocycles. The summed E-state index contributed by atoms with van der Waals surface area (Å²) >= 11 is 6.06. The fourth-order valence-electron chi connectivity index (χ4n) is 1.32. The second-order valence-corrected chi connectivity index (χ2v) is 5.31. The number of carbonyl (C=O) groups is 1. The van der Waals surface area contributed by atoms with Crippen LogP contribution >= 0.6 is 11.6 Å². The van der Waals surface area contributed by atoms with Crippen LogP contribution in [0.1, 0.15) is 36.7 Å². The Kier molecular flexibility index (Phi) is 4.77. The lowest BCUT2D eigenvalue weighted by Gasteiger charge is -2.20. The highest BCUT2D eigenvalue weighted by molar-refractivity contribution is 6.32. The van der Waals surface area contributed by atoms with Crippen LogP contribution in [0.3, 0.4) is 0 Å². The second kappa shape index (κ2) is 5.90. The minimum Gasteiger partial charge on any atom is -0.347 e. The van der Waals surface area contributed by atoms with Crippen molar-refractivity contribution in [2.24, 2.45) is 5.73 Å². The van der Waals surface area contributed by atoms with Gasteiger partial charge in [-0.25, -0.2) is 0 Å². The van der Waals surface area contributed by atoms with Gasteiger partial charge in [-0.2, -0.15) is 0 Å². The van der Waals surface area contributed by atoms with Gasteiger partial charge in [0.25, 0.3) is 5.91 Å². The number of rotatable bonds is 1. The van der Waals surface area contributed by atoms with Gasteiger partial charge in [0, 0.05) is 16.7 Å². The molecule has 0 aliphatic rings. The highest BCUT2D eigenvalue weighted by atomic mass is 35.5. The van der Waals surface area contributed by atoms with Gasteiger partial charge in [-0.15, -0.1) is 0 Å². The monoisotopic (exact) mass is 264 g/mol. The molecule has 0 bridgehead atoms. The Morgan fingerprint density at radius 1 is 1.44 bits per heavy atom. The van der Waals surface area contributed by atoms with Crippen LogP contribution in [-0.2, 0) is 0 Å². The lowest BCUT2D eigenvalue weighted by atomic mass is 10.1. The number of nitrogens with two attached hydrogens (primary N) is 1. The molecule has 0 spiro atoms. The van der Waals surface area contributed by atoms with Gasteiger partial charge in [0.2, 0.25) is 0 Å². The van der Waals surface area contributed by atoms with Gasteiger partial charge < -0.3 is 11.1 Å². The van der Waals surface area contributed by atoms with Gasteiger partial charge in [-0.3, -0.25) is 4.79 Å². The van der Waals surface area contributed by atoms with Crippen LogP contribution in [0.2, 0.25) is 5.02 Å². The third kappa shape index (κ3) is 4.40. The van der Waals surface area contributed by atoms with Gasteiger partial charge in [-0.05, 0) is 39.0 Å². The molecule has 0 aliphatic heterocycles. The van der Waals surface area contributed by atoms with Crippen LogP contribution in [0, 0.1) is 11.8 Å².